The summed E-state index contributed by atoms with van der Waals surface area (Å²) in [5, 5.41) is 30.0. The molecule has 0 radical (unpaired) electrons. The van der Waals surface area contributed by atoms with Crippen molar-refractivity contribution in [2.45, 2.75) is 51.7 Å². The number of hydrazine groups is 2. The third kappa shape index (κ3) is 5.96. The molecule has 0 bridgehead atoms. The second kappa shape index (κ2) is 12.0. The van der Waals surface area contributed by atoms with Gasteiger partial charge in [0, 0.05) is 29.0 Å². The van der Waals surface area contributed by atoms with Crippen LogP contribution in [0.15, 0.2) is 84.8 Å². The van der Waals surface area contributed by atoms with Gasteiger partial charge in [0.05, 0.1) is 51.2 Å². The minimum absolute atomic E-state index is 0.0111. The summed E-state index contributed by atoms with van der Waals surface area (Å²) >= 11 is 6.83. The van der Waals surface area contributed by atoms with Gasteiger partial charge in [-0.1, -0.05) is 61.0 Å². The fourth-order valence-electron chi connectivity index (χ4n) is 5.00. The average molecular weight is 577 g/mol. The van der Waals surface area contributed by atoms with Crippen LogP contribution in [-0.2, 0) is 0 Å². The number of aromatic nitrogens is 1. The summed E-state index contributed by atoms with van der Waals surface area (Å²) in [4.78, 5) is 4.53. The van der Waals surface area contributed by atoms with Crippen LogP contribution in [0.5, 0.6) is 0 Å². The first kappa shape index (κ1) is 28.8. The van der Waals surface area contributed by atoms with Crippen LogP contribution in [0, 0.1) is 22.7 Å². The maximum absolute atomic E-state index is 10.0. The lowest BCUT2D eigenvalue weighted by molar-refractivity contribution is 0.138. The number of benzene rings is 3. The normalized spacial score (nSPS) is 14.4. The van der Waals surface area contributed by atoms with Crippen LogP contribution in [0.4, 0.5) is 11.4 Å². The fraction of sp³-hybridized carbons (Fsp3) is 0.242. The Kier molecular flexibility index (Phi) is 8.22. The third-order valence-corrected chi connectivity index (χ3v) is 7.54. The van der Waals surface area contributed by atoms with Crippen LogP contribution in [-0.4, -0.2) is 15.5 Å². The van der Waals surface area contributed by atoms with Crippen LogP contribution in [0.25, 0.3) is 10.9 Å². The number of fused-ring (bicyclic) bond motifs is 1. The van der Waals surface area contributed by atoms with Gasteiger partial charge in [0.2, 0.25) is 0 Å². The second-order valence-electron chi connectivity index (χ2n) is 11.2. The van der Waals surface area contributed by atoms with Crippen molar-refractivity contribution in [2.75, 3.05) is 10.6 Å². The maximum atomic E-state index is 10.0. The molecule has 1 aliphatic heterocycles. The Bertz CT molecular complexity index is 1710. The molecular weight excluding hydrogens is 544 g/mol. The van der Waals surface area contributed by atoms with Crippen molar-refractivity contribution < 1.29 is 0 Å². The highest BCUT2D eigenvalue weighted by atomic mass is 35.5. The van der Waals surface area contributed by atoms with E-state index in [1.165, 1.54) is 0 Å². The molecule has 4 N–H and O–H groups in total. The molecule has 4 aromatic rings. The van der Waals surface area contributed by atoms with E-state index in [4.69, 9.17) is 11.6 Å². The summed E-state index contributed by atoms with van der Waals surface area (Å²) in [6.45, 7) is 8.43. The van der Waals surface area contributed by atoms with Crippen LogP contribution < -0.4 is 21.6 Å². The number of anilines is 2. The van der Waals surface area contributed by atoms with Gasteiger partial charge in [-0.05, 0) is 62.6 Å². The number of hydrogen-bond acceptors (Lipinski definition) is 8. The molecule has 0 aliphatic carbocycles. The first-order chi connectivity index (χ1) is 20.2. The first-order valence-electron chi connectivity index (χ1n) is 13.8. The van der Waals surface area contributed by atoms with Gasteiger partial charge in [-0.2, -0.15) is 10.5 Å². The zero-order valence-electron chi connectivity index (χ0n) is 24.0. The molecule has 8 nitrogen and oxygen atoms in total. The van der Waals surface area contributed by atoms with Crippen molar-refractivity contribution in [3.05, 3.63) is 112 Å². The zero-order valence-corrected chi connectivity index (χ0v) is 24.8. The number of nitrogens with one attached hydrogen (secondary N) is 4. The van der Waals surface area contributed by atoms with Gasteiger partial charge in [0.25, 0.3) is 0 Å². The first-order valence-corrected chi connectivity index (χ1v) is 14.2. The van der Waals surface area contributed by atoms with Gasteiger partial charge in [-0.3, -0.25) is 9.99 Å². The van der Waals surface area contributed by atoms with Crippen LogP contribution in [0.1, 0.15) is 68.5 Å². The molecule has 0 saturated heterocycles. The topological polar surface area (TPSA) is 112 Å². The SMILES string of the molecule is CC[C@@H](Nc1c(C#N)cnc2c(Cl)cc(NC(C3=CN(C(C)(C)C)NN3)c3cccc(C#N)c3)cc12)c1ccccc1. The Morgan fingerprint density at radius 3 is 2.40 bits per heavy atom. The number of hydrogen-bond donors (Lipinski definition) is 4. The lowest BCUT2D eigenvalue weighted by atomic mass is 10.00. The van der Waals surface area contributed by atoms with Crippen molar-refractivity contribution in [1.82, 2.24) is 21.0 Å². The number of nitriles is 2. The fourth-order valence-corrected chi connectivity index (χ4v) is 5.26. The van der Waals surface area contributed by atoms with E-state index in [0.29, 0.717) is 27.4 Å². The van der Waals surface area contributed by atoms with Gasteiger partial charge in [-0.15, -0.1) is 5.53 Å². The van der Waals surface area contributed by atoms with Crippen molar-refractivity contribution >= 4 is 33.9 Å². The quantitative estimate of drug-likeness (QED) is 0.173. The molecule has 9 heteroatoms. The van der Waals surface area contributed by atoms with Gasteiger partial charge in [0.15, 0.2) is 0 Å². The molecule has 1 aromatic heterocycles. The summed E-state index contributed by atoms with van der Waals surface area (Å²) in [6, 6.07) is 25.7. The Labute approximate surface area is 251 Å². The molecule has 3 aromatic carbocycles. The summed E-state index contributed by atoms with van der Waals surface area (Å²) < 4.78 is 0. The molecular formula is C33H33ClN8. The van der Waals surface area contributed by atoms with Gasteiger partial charge in [-0.25, -0.2) is 0 Å². The largest absolute Gasteiger partial charge is 0.377 e. The van der Waals surface area contributed by atoms with Gasteiger partial charge >= 0.3 is 0 Å². The van der Waals surface area contributed by atoms with Crippen LogP contribution >= 0.6 is 11.6 Å². The minimum Gasteiger partial charge on any atom is -0.377 e. The predicted molar refractivity (Wildman–Crippen MR) is 168 cm³/mol. The number of pyridine rings is 1. The monoisotopic (exact) mass is 576 g/mol. The molecule has 2 atom stereocenters. The van der Waals surface area contributed by atoms with Gasteiger partial charge < -0.3 is 16.1 Å². The highest BCUT2D eigenvalue weighted by molar-refractivity contribution is 6.35. The average Bonchev–Trinajstić information content (AvgIpc) is 3.50. The number of nitrogens with zero attached hydrogens (tertiary/aromatic N) is 4. The maximum Gasteiger partial charge on any atom is 0.103 e. The molecule has 5 rings (SSSR count). The Morgan fingerprint density at radius 2 is 1.74 bits per heavy atom. The molecule has 1 unspecified atom stereocenters. The third-order valence-electron chi connectivity index (χ3n) is 7.26. The highest BCUT2D eigenvalue weighted by Crippen LogP contribution is 2.37. The summed E-state index contributed by atoms with van der Waals surface area (Å²) in [7, 11) is 0. The molecule has 212 valence electrons. The van der Waals surface area contributed by atoms with E-state index in [1.54, 1.807) is 12.3 Å². The Morgan fingerprint density at radius 1 is 0.976 bits per heavy atom. The molecule has 42 heavy (non-hydrogen) atoms. The standard InChI is InChI=1S/C33H33ClN8/c1-5-28(22-11-7-6-8-12-22)39-30-24(18-36)19-37-32-26(30)15-25(16-27(32)34)38-31(23-13-9-10-21(14-23)17-35)29-20-42(41-40-29)33(2,3)4/h6-16,19-20,28,31,38,40-41H,5H2,1-4H3,(H,37,39)/t28-,31?/m1/s1. The van der Waals surface area contributed by atoms with E-state index in [2.05, 4.69) is 78.5 Å². The lowest BCUT2D eigenvalue weighted by Crippen LogP contribution is -2.47. The molecule has 2 heterocycles. The van der Waals surface area contributed by atoms with Crippen LogP contribution in [0.2, 0.25) is 5.02 Å². The summed E-state index contributed by atoms with van der Waals surface area (Å²) in [6.07, 6.45) is 4.41. The van der Waals surface area contributed by atoms with Crippen LogP contribution in [0.3, 0.4) is 0 Å². The van der Waals surface area contributed by atoms with E-state index in [9.17, 15) is 10.5 Å². The number of rotatable bonds is 8. The van der Waals surface area contributed by atoms with E-state index in [0.717, 1.165) is 34.3 Å². The van der Waals surface area contributed by atoms with E-state index < -0.39 is 0 Å². The Balaban J connectivity index is 1.60. The summed E-state index contributed by atoms with van der Waals surface area (Å²) in [5.74, 6) is 0. The van der Waals surface area contributed by atoms with E-state index in [-0.39, 0.29) is 17.6 Å². The summed E-state index contributed by atoms with van der Waals surface area (Å²) in [5.41, 5.74) is 12.3. The van der Waals surface area contributed by atoms with Crippen molar-refractivity contribution in [2.24, 2.45) is 0 Å². The van der Waals surface area contributed by atoms with Gasteiger partial charge in [0.1, 0.15) is 6.07 Å². The second-order valence-corrected chi connectivity index (χ2v) is 11.6. The zero-order chi connectivity index (χ0) is 29.9. The lowest BCUT2D eigenvalue weighted by Gasteiger charge is -2.30. The van der Waals surface area contributed by atoms with Crippen molar-refractivity contribution in [3.63, 3.8) is 0 Å². The molecule has 0 spiro atoms. The number of halogens is 1. The Hall–Kier alpha value is -4.76. The molecule has 0 fully saturated rings. The molecule has 1 aliphatic rings. The molecule has 0 saturated carbocycles. The van der Waals surface area contributed by atoms with Crippen molar-refractivity contribution in [3.8, 4) is 12.1 Å². The van der Waals surface area contributed by atoms with E-state index >= 15 is 0 Å². The predicted octanol–water partition coefficient (Wildman–Crippen LogP) is 7.31. The highest BCUT2D eigenvalue weighted by Gasteiger charge is 2.28. The molecule has 0 amide bonds. The smallest absolute Gasteiger partial charge is 0.103 e. The van der Waals surface area contributed by atoms with Crippen molar-refractivity contribution in [1.29, 1.82) is 10.5 Å². The van der Waals surface area contributed by atoms with E-state index in [1.807, 2.05) is 59.7 Å². The minimum atomic E-state index is -0.345.